The van der Waals surface area contributed by atoms with Crippen LogP contribution in [-0.4, -0.2) is 22.3 Å². The first kappa shape index (κ1) is 18.6. The number of hydrogen-bond donors (Lipinski definition) is 1. The van der Waals surface area contributed by atoms with Crippen molar-refractivity contribution in [3.05, 3.63) is 82.0 Å². The molecule has 26 heavy (non-hydrogen) atoms. The number of hydrogen-bond acceptors (Lipinski definition) is 2. The number of allylic oxidation sites excluding steroid dienone is 1. The molecule has 1 aliphatic rings. The van der Waals surface area contributed by atoms with Crippen molar-refractivity contribution in [3.63, 3.8) is 0 Å². The monoisotopic (exact) mass is 384 g/mol. The summed E-state index contributed by atoms with van der Waals surface area (Å²) < 4.78 is 0. The van der Waals surface area contributed by atoms with E-state index in [1.54, 1.807) is 0 Å². The average Bonchev–Trinajstić information content (AvgIpc) is 2.65. The summed E-state index contributed by atoms with van der Waals surface area (Å²) in [5, 5.41) is 4.62. The second kappa shape index (κ2) is 8.02. The van der Waals surface area contributed by atoms with Crippen LogP contribution in [0.25, 0.3) is 0 Å². The average molecular weight is 385 g/mol. The summed E-state index contributed by atoms with van der Waals surface area (Å²) in [6, 6.07) is 16.6. The van der Waals surface area contributed by atoms with Gasteiger partial charge in [0, 0.05) is 28.4 Å². The molecule has 0 spiro atoms. The largest absolute Gasteiger partial charge is 0.351 e. The SMILES string of the molecule is CCCN1C(=S)NC(c2cccc(Cl)c2)C(C(=O)c2ccccc2)=C1C. The summed E-state index contributed by atoms with van der Waals surface area (Å²) in [5.41, 5.74) is 3.20. The van der Waals surface area contributed by atoms with Crippen LogP contribution < -0.4 is 5.32 Å². The Hall–Kier alpha value is -2.17. The minimum absolute atomic E-state index is 0.00387. The van der Waals surface area contributed by atoms with Crippen LogP contribution in [0.4, 0.5) is 0 Å². The van der Waals surface area contributed by atoms with E-state index in [1.165, 1.54) is 0 Å². The van der Waals surface area contributed by atoms with E-state index in [2.05, 4.69) is 12.2 Å². The van der Waals surface area contributed by atoms with Crippen molar-refractivity contribution in [3.8, 4) is 0 Å². The zero-order valence-electron chi connectivity index (χ0n) is 14.8. The van der Waals surface area contributed by atoms with Gasteiger partial charge in [0.2, 0.25) is 0 Å². The fourth-order valence-corrected chi connectivity index (χ4v) is 3.79. The van der Waals surface area contributed by atoms with Crippen LogP contribution in [0.2, 0.25) is 5.02 Å². The molecule has 3 nitrogen and oxygen atoms in total. The van der Waals surface area contributed by atoms with Gasteiger partial charge in [0.1, 0.15) is 0 Å². The van der Waals surface area contributed by atoms with E-state index in [0.717, 1.165) is 24.2 Å². The fraction of sp³-hybridized carbons (Fsp3) is 0.238. The molecule has 2 aromatic carbocycles. The normalized spacial score (nSPS) is 17.3. The first-order chi connectivity index (χ1) is 12.5. The van der Waals surface area contributed by atoms with Crippen LogP contribution in [0, 0.1) is 0 Å². The number of benzene rings is 2. The molecule has 0 aromatic heterocycles. The summed E-state index contributed by atoms with van der Waals surface area (Å²) in [4.78, 5) is 15.3. The lowest BCUT2D eigenvalue weighted by molar-refractivity contribution is 0.102. The third kappa shape index (κ3) is 3.67. The van der Waals surface area contributed by atoms with Crippen molar-refractivity contribution >= 4 is 34.7 Å². The summed E-state index contributed by atoms with van der Waals surface area (Å²) in [6.45, 7) is 4.83. The number of halogens is 1. The van der Waals surface area contributed by atoms with Crippen molar-refractivity contribution in [1.82, 2.24) is 10.2 Å². The smallest absolute Gasteiger partial charge is 0.193 e. The van der Waals surface area contributed by atoms with Crippen molar-refractivity contribution < 1.29 is 4.79 Å². The van der Waals surface area contributed by atoms with E-state index in [1.807, 2.05) is 66.4 Å². The third-order valence-corrected chi connectivity index (χ3v) is 5.08. The zero-order valence-corrected chi connectivity index (χ0v) is 16.4. The number of nitrogens with zero attached hydrogens (tertiary/aromatic N) is 1. The molecule has 1 heterocycles. The Morgan fingerprint density at radius 3 is 2.58 bits per heavy atom. The Kier molecular flexibility index (Phi) is 5.74. The van der Waals surface area contributed by atoms with Crippen LogP contribution in [0.1, 0.15) is 42.2 Å². The van der Waals surface area contributed by atoms with E-state index in [9.17, 15) is 4.79 Å². The van der Waals surface area contributed by atoms with Gasteiger partial charge in [-0.2, -0.15) is 0 Å². The maximum absolute atomic E-state index is 13.3. The van der Waals surface area contributed by atoms with E-state index >= 15 is 0 Å². The van der Waals surface area contributed by atoms with Gasteiger partial charge in [0.05, 0.1) is 6.04 Å². The molecule has 1 N–H and O–H groups in total. The lowest BCUT2D eigenvalue weighted by Gasteiger charge is -2.38. The third-order valence-electron chi connectivity index (χ3n) is 4.51. The van der Waals surface area contributed by atoms with Crippen molar-refractivity contribution in [2.24, 2.45) is 0 Å². The predicted octanol–water partition coefficient (Wildman–Crippen LogP) is 5.14. The summed E-state index contributed by atoms with van der Waals surface area (Å²) in [6.07, 6.45) is 0.938. The van der Waals surface area contributed by atoms with Crippen molar-refractivity contribution in [2.45, 2.75) is 26.3 Å². The molecule has 0 saturated heterocycles. The van der Waals surface area contributed by atoms with Gasteiger partial charge in [0.25, 0.3) is 0 Å². The van der Waals surface area contributed by atoms with E-state index in [4.69, 9.17) is 23.8 Å². The number of thiocarbonyl (C=S) groups is 1. The lowest BCUT2D eigenvalue weighted by Crippen LogP contribution is -2.47. The molecule has 0 saturated carbocycles. The second-order valence-corrected chi connectivity index (χ2v) is 7.11. The van der Waals surface area contributed by atoms with Gasteiger partial charge in [-0.3, -0.25) is 4.79 Å². The van der Waals surface area contributed by atoms with Gasteiger partial charge < -0.3 is 10.2 Å². The molecule has 1 atom stereocenters. The zero-order chi connectivity index (χ0) is 18.7. The van der Waals surface area contributed by atoms with Crippen LogP contribution in [-0.2, 0) is 0 Å². The highest BCUT2D eigenvalue weighted by molar-refractivity contribution is 7.80. The number of carbonyl (C=O) groups is 1. The maximum atomic E-state index is 13.3. The molecule has 0 fully saturated rings. The van der Waals surface area contributed by atoms with Gasteiger partial charge in [-0.25, -0.2) is 0 Å². The van der Waals surface area contributed by atoms with Crippen LogP contribution in [0.15, 0.2) is 65.9 Å². The first-order valence-electron chi connectivity index (χ1n) is 8.67. The molecule has 0 amide bonds. The Labute approximate surface area is 164 Å². The van der Waals surface area contributed by atoms with Gasteiger partial charge in [-0.15, -0.1) is 0 Å². The standard InChI is InChI=1S/C21H21ClN2OS/c1-3-12-24-14(2)18(20(25)15-8-5-4-6-9-15)19(23-21(24)26)16-10-7-11-17(22)13-16/h4-11,13,19H,3,12H2,1-2H3,(H,23,26). The van der Waals surface area contributed by atoms with Crippen LogP contribution in [0.5, 0.6) is 0 Å². The van der Waals surface area contributed by atoms with Gasteiger partial charge >= 0.3 is 0 Å². The summed E-state index contributed by atoms with van der Waals surface area (Å²) in [5.74, 6) is 0.00387. The number of nitrogens with one attached hydrogen (secondary N) is 1. The van der Waals surface area contributed by atoms with Crippen molar-refractivity contribution in [1.29, 1.82) is 0 Å². The lowest BCUT2D eigenvalue weighted by atomic mass is 9.89. The maximum Gasteiger partial charge on any atom is 0.193 e. The highest BCUT2D eigenvalue weighted by Crippen LogP contribution is 2.33. The Bertz CT molecular complexity index is 863. The fourth-order valence-electron chi connectivity index (χ4n) is 3.25. The molecular weight excluding hydrogens is 364 g/mol. The molecule has 5 heteroatoms. The van der Waals surface area contributed by atoms with Gasteiger partial charge in [0.15, 0.2) is 10.9 Å². The Balaban J connectivity index is 2.13. The summed E-state index contributed by atoms with van der Waals surface area (Å²) in [7, 11) is 0. The second-order valence-electron chi connectivity index (χ2n) is 6.28. The molecule has 1 aliphatic heterocycles. The molecular formula is C21H21ClN2OS. The highest BCUT2D eigenvalue weighted by atomic mass is 35.5. The topological polar surface area (TPSA) is 32.3 Å². The molecule has 3 rings (SSSR count). The predicted molar refractivity (Wildman–Crippen MR) is 110 cm³/mol. The number of ketones is 1. The van der Waals surface area contributed by atoms with Crippen molar-refractivity contribution in [2.75, 3.05) is 6.54 Å². The quantitative estimate of drug-likeness (QED) is 0.571. The first-order valence-corrected chi connectivity index (χ1v) is 9.45. The van der Waals surface area contributed by atoms with E-state index in [0.29, 0.717) is 21.3 Å². The molecule has 0 radical (unpaired) electrons. The molecule has 134 valence electrons. The number of rotatable bonds is 5. The van der Waals surface area contributed by atoms with Gasteiger partial charge in [-0.1, -0.05) is 61.0 Å². The molecule has 1 unspecified atom stereocenters. The number of carbonyl (C=O) groups excluding carboxylic acids is 1. The summed E-state index contributed by atoms with van der Waals surface area (Å²) >= 11 is 11.8. The van der Waals surface area contributed by atoms with E-state index in [-0.39, 0.29) is 11.8 Å². The molecule has 0 aliphatic carbocycles. The highest BCUT2D eigenvalue weighted by Gasteiger charge is 2.33. The molecule has 0 bridgehead atoms. The minimum Gasteiger partial charge on any atom is -0.351 e. The molecule has 2 aromatic rings. The van der Waals surface area contributed by atoms with Crippen LogP contribution >= 0.6 is 23.8 Å². The van der Waals surface area contributed by atoms with Gasteiger partial charge in [-0.05, 0) is 43.3 Å². The Morgan fingerprint density at radius 1 is 1.19 bits per heavy atom. The van der Waals surface area contributed by atoms with E-state index < -0.39 is 0 Å². The number of Topliss-reactive ketones (excluding diaryl/α,β-unsaturated/α-hetero) is 1. The Morgan fingerprint density at radius 2 is 1.92 bits per heavy atom. The van der Waals surface area contributed by atoms with Crippen LogP contribution in [0.3, 0.4) is 0 Å². The minimum atomic E-state index is -0.318.